The normalized spacial score (nSPS) is 10.7. The van der Waals surface area contributed by atoms with Crippen molar-refractivity contribution in [3.63, 3.8) is 0 Å². The number of aryl methyl sites for hydroxylation is 2. The van der Waals surface area contributed by atoms with Crippen LogP contribution in [0.5, 0.6) is 0 Å². The van der Waals surface area contributed by atoms with Gasteiger partial charge < -0.3 is 14.4 Å². The first kappa shape index (κ1) is 13.1. The average molecular weight is 261 g/mol. The second-order valence-corrected chi connectivity index (χ2v) is 4.56. The number of benzene rings is 1. The van der Waals surface area contributed by atoms with Crippen molar-refractivity contribution in [3.8, 4) is 0 Å². The largest absolute Gasteiger partial charge is 0.480 e. The fourth-order valence-corrected chi connectivity index (χ4v) is 2.04. The molecule has 0 saturated heterocycles. The summed E-state index contributed by atoms with van der Waals surface area (Å²) in [6.07, 6.45) is 0. The average Bonchev–Trinajstić information content (AvgIpc) is 2.67. The highest BCUT2D eigenvalue weighted by Crippen LogP contribution is 2.28. The third-order valence-electron chi connectivity index (χ3n) is 3.07. The second kappa shape index (κ2) is 4.76. The van der Waals surface area contributed by atoms with Gasteiger partial charge in [0, 0.05) is 18.0 Å². The van der Waals surface area contributed by atoms with Crippen LogP contribution >= 0.6 is 0 Å². The molecule has 0 spiro atoms. The fraction of sp³-hybridized carbons (Fsp3) is 0.286. The van der Waals surface area contributed by atoms with Gasteiger partial charge in [-0.2, -0.15) is 0 Å². The molecule has 19 heavy (non-hydrogen) atoms. The molecule has 1 aromatic heterocycles. The maximum Gasteiger partial charge on any atom is 0.323 e. The Kier molecular flexibility index (Phi) is 3.29. The molecular weight excluding hydrogens is 246 g/mol. The van der Waals surface area contributed by atoms with E-state index in [1.54, 1.807) is 6.92 Å². The quantitative estimate of drug-likeness (QED) is 0.919. The molecule has 0 fully saturated rings. The summed E-state index contributed by atoms with van der Waals surface area (Å²) in [5, 5.41) is 9.59. The molecule has 5 nitrogen and oxygen atoms in total. The predicted molar refractivity (Wildman–Crippen MR) is 70.3 cm³/mol. The summed E-state index contributed by atoms with van der Waals surface area (Å²) in [6.45, 7) is 3.35. The number of likely N-dealkylation sites (N-methyl/N-ethyl adjacent to an activating group) is 1. The summed E-state index contributed by atoms with van der Waals surface area (Å²) in [4.78, 5) is 23.9. The number of carboxylic acids is 1. The number of nitrogens with zero attached hydrogens (tertiary/aromatic N) is 1. The molecule has 100 valence electrons. The highest BCUT2D eigenvalue weighted by atomic mass is 16.4. The second-order valence-electron chi connectivity index (χ2n) is 4.56. The van der Waals surface area contributed by atoms with E-state index in [4.69, 9.17) is 9.52 Å². The van der Waals surface area contributed by atoms with Crippen LogP contribution in [0.3, 0.4) is 0 Å². The van der Waals surface area contributed by atoms with Crippen LogP contribution in [0.2, 0.25) is 0 Å². The standard InChI is InChI=1S/C14H15NO4/c1-8-5-4-6-10-9(2)13(19-12(8)10)14(18)15(3)7-11(16)17/h4-6H,7H2,1-3H3,(H,16,17). The van der Waals surface area contributed by atoms with Gasteiger partial charge in [0.15, 0.2) is 5.76 Å². The Hall–Kier alpha value is -2.30. The topological polar surface area (TPSA) is 70.8 Å². The number of carbonyl (C=O) groups is 2. The van der Waals surface area contributed by atoms with Gasteiger partial charge in [-0.05, 0) is 19.4 Å². The molecular formula is C14H15NO4. The van der Waals surface area contributed by atoms with Gasteiger partial charge in [0.2, 0.25) is 0 Å². The zero-order chi connectivity index (χ0) is 14.2. The molecule has 0 unspecified atom stereocenters. The van der Waals surface area contributed by atoms with Gasteiger partial charge in [0.05, 0.1) is 0 Å². The number of furan rings is 1. The molecule has 0 saturated carbocycles. The van der Waals surface area contributed by atoms with Crippen molar-refractivity contribution in [1.82, 2.24) is 4.90 Å². The minimum atomic E-state index is -1.05. The van der Waals surface area contributed by atoms with Crippen LogP contribution < -0.4 is 0 Å². The Labute approximate surface area is 110 Å². The van der Waals surface area contributed by atoms with Crippen LogP contribution in [0.15, 0.2) is 22.6 Å². The highest BCUT2D eigenvalue weighted by molar-refractivity contribution is 6.00. The molecule has 2 aromatic rings. The van der Waals surface area contributed by atoms with Gasteiger partial charge in [-0.25, -0.2) is 0 Å². The molecule has 1 amide bonds. The highest BCUT2D eigenvalue weighted by Gasteiger charge is 2.22. The molecule has 1 heterocycles. The van der Waals surface area contributed by atoms with Gasteiger partial charge in [-0.1, -0.05) is 18.2 Å². The summed E-state index contributed by atoms with van der Waals surface area (Å²) in [5.74, 6) is -1.27. The molecule has 0 bridgehead atoms. The van der Waals surface area contributed by atoms with E-state index in [1.807, 2.05) is 25.1 Å². The van der Waals surface area contributed by atoms with Crippen molar-refractivity contribution >= 4 is 22.8 Å². The molecule has 0 atom stereocenters. The van der Waals surface area contributed by atoms with Crippen LogP contribution in [-0.4, -0.2) is 35.5 Å². The lowest BCUT2D eigenvalue weighted by molar-refractivity contribution is -0.137. The van der Waals surface area contributed by atoms with Crippen molar-refractivity contribution in [3.05, 3.63) is 35.1 Å². The smallest absolute Gasteiger partial charge is 0.323 e. The number of fused-ring (bicyclic) bond motifs is 1. The number of hydrogen-bond acceptors (Lipinski definition) is 3. The zero-order valence-corrected chi connectivity index (χ0v) is 11.1. The molecule has 2 rings (SSSR count). The van der Waals surface area contributed by atoms with E-state index in [2.05, 4.69) is 0 Å². The molecule has 0 aliphatic rings. The van der Waals surface area contributed by atoms with Gasteiger partial charge in [-0.15, -0.1) is 0 Å². The van der Waals surface area contributed by atoms with Crippen molar-refractivity contribution in [2.75, 3.05) is 13.6 Å². The van der Waals surface area contributed by atoms with Gasteiger partial charge >= 0.3 is 5.97 Å². The zero-order valence-electron chi connectivity index (χ0n) is 11.1. The summed E-state index contributed by atoms with van der Waals surface area (Å²) in [5.41, 5.74) is 2.36. The van der Waals surface area contributed by atoms with Gasteiger partial charge in [0.1, 0.15) is 12.1 Å². The van der Waals surface area contributed by atoms with Gasteiger partial charge in [-0.3, -0.25) is 9.59 Å². The number of para-hydroxylation sites is 1. The van der Waals surface area contributed by atoms with E-state index in [1.165, 1.54) is 7.05 Å². The van der Waals surface area contributed by atoms with Crippen molar-refractivity contribution in [1.29, 1.82) is 0 Å². The summed E-state index contributed by atoms with van der Waals surface area (Å²) >= 11 is 0. The molecule has 0 aliphatic heterocycles. The van der Waals surface area contributed by atoms with E-state index in [9.17, 15) is 9.59 Å². The number of carboxylic acid groups (broad SMARTS) is 1. The van der Waals surface area contributed by atoms with E-state index in [0.29, 0.717) is 5.58 Å². The van der Waals surface area contributed by atoms with Gasteiger partial charge in [0.25, 0.3) is 5.91 Å². The monoisotopic (exact) mass is 261 g/mol. The summed E-state index contributed by atoms with van der Waals surface area (Å²) in [7, 11) is 1.44. The minimum Gasteiger partial charge on any atom is -0.480 e. The van der Waals surface area contributed by atoms with Crippen LogP contribution in [0.1, 0.15) is 21.7 Å². The molecule has 0 aliphatic carbocycles. The minimum absolute atomic E-state index is 0.202. The van der Waals surface area contributed by atoms with Crippen LogP contribution in [-0.2, 0) is 4.79 Å². The maximum absolute atomic E-state index is 12.2. The van der Waals surface area contributed by atoms with Crippen molar-refractivity contribution in [2.24, 2.45) is 0 Å². The third-order valence-corrected chi connectivity index (χ3v) is 3.07. The SMILES string of the molecule is Cc1c(C(=O)N(C)CC(=O)O)oc2c(C)cccc12. The van der Waals surface area contributed by atoms with Crippen molar-refractivity contribution in [2.45, 2.75) is 13.8 Å². The summed E-state index contributed by atoms with van der Waals surface area (Å²) < 4.78 is 5.61. The fourth-order valence-electron chi connectivity index (χ4n) is 2.04. The maximum atomic E-state index is 12.2. The molecule has 1 aromatic carbocycles. The first-order valence-corrected chi connectivity index (χ1v) is 5.87. The first-order valence-electron chi connectivity index (χ1n) is 5.87. The lowest BCUT2D eigenvalue weighted by Crippen LogP contribution is -2.32. The first-order chi connectivity index (χ1) is 8.91. The van der Waals surface area contributed by atoms with E-state index in [-0.39, 0.29) is 12.3 Å². The molecule has 0 radical (unpaired) electrons. The number of aliphatic carboxylic acids is 1. The third kappa shape index (κ3) is 2.31. The number of hydrogen-bond donors (Lipinski definition) is 1. The van der Waals surface area contributed by atoms with Crippen molar-refractivity contribution < 1.29 is 19.1 Å². The number of amides is 1. The lowest BCUT2D eigenvalue weighted by Gasteiger charge is -2.12. The van der Waals surface area contributed by atoms with E-state index < -0.39 is 11.9 Å². The number of carbonyl (C=O) groups excluding carboxylic acids is 1. The molecule has 1 N–H and O–H groups in total. The van der Waals surface area contributed by atoms with E-state index >= 15 is 0 Å². The Bertz CT molecular complexity index is 657. The Morgan fingerprint density at radius 2 is 2.00 bits per heavy atom. The Morgan fingerprint density at radius 3 is 2.58 bits per heavy atom. The summed E-state index contributed by atoms with van der Waals surface area (Å²) in [6, 6.07) is 5.69. The molecule has 5 heteroatoms. The van der Waals surface area contributed by atoms with Crippen LogP contribution in [0.25, 0.3) is 11.0 Å². The van der Waals surface area contributed by atoms with Crippen LogP contribution in [0, 0.1) is 13.8 Å². The Morgan fingerprint density at radius 1 is 1.32 bits per heavy atom. The number of rotatable bonds is 3. The Balaban J connectivity index is 2.46. The van der Waals surface area contributed by atoms with Crippen LogP contribution in [0.4, 0.5) is 0 Å². The lowest BCUT2D eigenvalue weighted by atomic mass is 10.1. The predicted octanol–water partition coefficient (Wildman–Crippen LogP) is 2.21. The van der Waals surface area contributed by atoms with E-state index in [0.717, 1.165) is 21.4 Å².